The van der Waals surface area contributed by atoms with E-state index in [0.29, 0.717) is 6.04 Å². The van der Waals surface area contributed by atoms with Crippen molar-refractivity contribution in [2.75, 3.05) is 26.2 Å². The number of piperazine rings is 1. The molecule has 1 aliphatic rings. The third kappa shape index (κ3) is 3.46. The second-order valence-corrected chi connectivity index (χ2v) is 6.73. The fourth-order valence-electron chi connectivity index (χ4n) is 2.88. The monoisotopic (exact) mass is 321 g/mol. The first-order valence-corrected chi connectivity index (χ1v) is 8.59. The highest BCUT2D eigenvalue weighted by Gasteiger charge is 2.25. The Kier molecular flexibility index (Phi) is 4.91. The van der Waals surface area contributed by atoms with Crippen LogP contribution in [0.2, 0.25) is 5.02 Å². The Morgan fingerprint density at radius 1 is 1.43 bits per heavy atom. The largest absolute Gasteiger partial charge is 0.314 e. The van der Waals surface area contributed by atoms with E-state index >= 15 is 0 Å². The molecule has 2 heterocycles. The molecule has 0 aliphatic carbocycles. The summed E-state index contributed by atoms with van der Waals surface area (Å²) in [6.07, 6.45) is 1.07. The predicted molar refractivity (Wildman–Crippen MR) is 89.2 cm³/mol. The Hall–Kier alpha value is -0.940. The summed E-state index contributed by atoms with van der Waals surface area (Å²) in [6, 6.07) is 8.55. The molecule has 1 atom stereocenters. The Bertz CT molecular complexity index is 599. The normalized spacial score (nSPS) is 19.8. The molecule has 21 heavy (non-hydrogen) atoms. The molecule has 2 aromatic rings. The number of hydrogen-bond donors (Lipinski definition) is 1. The molecule has 1 aliphatic heterocycles. The van der Waals surface area contributed by atoms with Gasteiger partial charge in [-0.2, -0.15) is 0 Å². The van der Waals surface area contributed by atoms with Crippen LogP contribution >= 0.6 is 22.9 Å². The van der Waals surface area contributed by atoms with E-state index in [-0.39, 0.29) is 0 Å². The molecule has 0 radical (unpaired) electrons. The summed E-state index contributed by atoms with van der Waals surface area (Å²) in [5.74, 6) is 0. The van der Waals surface area contributed by atoms with Gasteiger partial charge in [0.15, 0.2) is 0 Å². The highest BCUT2D eigenvalue weighted by Crippen LogP contribution is 2.28. The number of rotatable bonds is 4. The van der Waals surface area contributed by atoms with E-state index in [2.05, 4.69) is 34.3 Å². The van der Waals surface area contributed by atoms with E-state index in [0.717, 1.165) is 37.6 Å². The summed E-state index contributed by atoms with van der Waals surface area (Å²) in [7, 11) is 0. The smallest absolute Gasteiger partial charge is 0.0797 e. The van der Waals surface area contributed by atoms with Gasteiger partial charge in [0.25, 0.3) is 0 Å². The average molecular weight is 322 g/mol. The van der Waals surface area contributed by atoms with Crippen LogP contribution in [0.25, 0.3) is 0 Å². The second kappa shape index (κ2) is 6.88. The van der Waals surface area contributed by atoms with Crippen LogP contribution in [-0.2, 0) is 6.42 Å². The molecule has 0 amide bonds. The molecule has 0 saturated carbocycles. The molecule has 3 nitrogen and oxygen atoms in total. The third-order valence-corrected chi connectivity index (χ3v) is 5.43. The van der Waals surface area contributed by atoms with Gasteiger partial charge in [0.05, 0.1) is 11.2 Å². The van der Waals surface area contributed by atoms with Crippen LogP contribution in [0.15, 0.2) is 29.8 Å². The lowest BCUT2D eigenvalue weighted by Gasteiger charge is -2.36. The standard InChI is InChI=1S/C16H20ClN3S/c1-12-16(21-11-19-12)6-8-20-9-7-18-10-15(20)13-4-2-3-5-14(13)17/h2-5,11,15,18H,6-10H2,1H3. The molecule has 1 aromatic heterocycles. The highest BCUT2D eigenvalue weighted by atomic mass is 35.5. The minimum Gasteiger partial charge on any atom is -0.314 e. The summed E-state index contributed by atoms with van der Waals surface area (Å²) in [5, 5.41) is 4.35. The lowest BCUT2D eigenvalue weighted by molar-refractivity contribution is 0.164. The zero-order valence-corrected chi connectivity index (χ0v) is 13.8. The van der Waals surface area contributed by atoms with Gasteiger partial charge < -0.3 is 5.32 Å². The van der Waals surface area contributed by atoms with E-state index in [4.69, 9.17) is 11.6 Å². The summed E-state index contributed by atoms with van der Waals surface area (Å²) in [5.41, 5.74) is 4.34. The quantitative estimate of drug-likeness (QED) is 0.936. The van der Waals surface area contributed by atoms with Crippen LogP contribution in [0.3, 0.4) is 0 Å². The van der Waals surface area contributed by atoms with Gasteiger partial charge in [-0.1, -0.05) is 29.8 Å². The highest BCUT2D eigenvalue weighted by molar-refractivity contribution is 7.09. The zero-order chi connectivity index (χ0) is 14.7. The number of halogens is 1. The first-order valence-electron chi connectivity index (χ1n) is 7.34. The lowest BCUT2D eigenvalue weighted by atomic mass is 10.0. The number of hydrogen-bond acceptors (Lipinski definition) is 4. The van der Waals surface area contributed by atoms with E-state index in [1.165, 1.54) is 16.1 Å². The maximum atomic E-state index is 6.39. The van der Waals surface area contributed by atoms with Crippen molar-refractivity contribution in [3.63, 3.8) is 0 Å². The predicted octanol–water partition coefficient (Wildman–Crippen LogP) is 3.29. The first-order chi connectivity index (χ1) is 10.3. The maximum absolute atomic E-state index is 6.39. The van der Waals surface area contributed by atoms with Crippen molar-refractivity contribution >= 4 is 22.9 Å². The molecule has 1 aromatic carbocycles. The Morgan fingerprint density at radius 2 is 2.29 bits per heavy atom. The van der Waals surface area contributed by atoms with E-state index < -0.39 is 0 Å². The summed E-state index contributed by atoms with van der Waals surface area (Å²) in [4.78, 5) is 8.27. The average Bonchev–Trinajstić information content (AvgIpc) is 2.91. The number of aryl methyl sites for hydroxylation is 1. The summed E-state index contributed by atoms with van der Waals surface area (Å²) in [6.45, 7) is 6.22. The number of thiazole rings is 1. The van der Waals surface area contributed by atoms with E-state index in [1.54, 1.807) is 11.3 Å². The van der Waals surface area contributed by atoms with Gasteiger partial charge in [0.1, 0.15) is 0 Å². The van der Waals surface area contributed by atoms with Gasteiger partial charge >= 0.3 is 0 Å². The van der Waals surface area contributed by atoms with Gasteiger partial charge in [0.2, 0.25) is 0 Å². The van der Waals surface area contributed by atoms with Gasteiger partial charge in [-0.05, 0) is 25.0 Å². The zero-order valence-electron chi connectivity index (χ0n) is 12.2. The van der Waals surface area contributed by atoms with Gasteiger partial charge in [-0.25, -0.2) is 4.98 Å². The van der Waals surface area contributed by atoms with Gasteiger partial charge in [-0.15, -0.1) is 11.3 Å². The molecular weight excluding hydrogens is 302 g/mol. The fraction of sp³-hybridized carbons (Fsp3) is 0.438. The second-order valence-electron chi connectivity index (χ2n) is 5.39. The molecule has 0 bridgehead atoms. The van der Waals surface area contributed by atoms with Crippen molar-refractivity contribution in [1.29, 1.82) is 0 Å². The first kappa shape index (κ1) is 15.0. The number of nitrogens with one attached hydrogen (secondary N) is 1. The van der Waals surface area contributed by atoms with Crippen molar-refractivity contribution in [3.05, 3.63) is 50.9 Å². The molecule has 112 valence electrons. The fourth-order valence-corrected chi connectivity index (χ4v) is 3.91. The van der Waals surface area contributed by atoms with Crippen molar-refractivity contribution in [2.45, 2.75) is 19.4 Å². The van der Waals surface area contributed by atoms with E-state index in [1.807, 2.05) is 17.6 Å². The minimum atomic E-state index is 0.362. The topological polar surface area (TPSA) is 28.2 Å². The summed E-state index contributed by atoms with van der Waals surface area (Å²) < 4.78 is 0. The van der Waals surface area contributed by atoms with Gasteiger partial charge in [-0.3, -0.25) is 4.90 Å². The van der Waals surface area contributed by atoms with Crippen LogP contribution in [0.4, 0.5) is 0 Å². The van der Waals surface area contributed by atoms with Gasteiger partial charge in [0, 0.05) is 42.1 Å². The molecule has 0 spiro atoms. The Labute approximate surface area is 135 Å². The van der Waals surface area contributed by atoms with E-state index in [9.17, 15) is 0 Å². The molecule has 1 fully saturated rings. The van der Waals surface area contributed by atoms with Crippen LogP contribution < -0.4 is 5.32 Å². The molecular formula is C16H20ClN3S. The number of nitrogens with zero attached hydrogens (tertiary/aromatic N) is 2. The minimum absolute atomic E-state index is 0.362. The Morgan fingerprint density at radius 3 is 3.05 bits per heavy atom. The lowest BCUT2D eigenvalue weighted by Crippen LogP contribution is -2.46. The molecule has 3 rings (SSSR count). The van der Waals surface area contributed by atoms with Crippen LogP contribution in [0.1, 0.15) is 22.2 Å². The molecule has 1 unspecified atom stereocenters. The third-order valence-electron chi connectivity index (χ3n) is 4.09. The number of aromatic nitrogens is 1. The summed E-state index contributed by atoms with van der Waals surface area (Å²) >= 11 is 8.14. The SMILES string of the molecule is Cc1ncsc1CCN1CCNCC1c1ccccc1Cl. The maximum Gasteiger partial charge on any atom is 0.0797 e. The number of benzene rings is 1. The van der Waals surface area contributed by atoms with Crippen molar-refractivity contribution in [3.8, 4) is 0 Å². The molecule has 1 saturated heterocycles. The van der Waals surface area contributed by atoms with Crippen LogP contribution in [-0.4, -0.2) is 36.1 Å². The molecule has 5 heteroatoms. The molecule has 1 N–H and O–H groups in total. The van der Waals surface area contributed by atoms with Crippen molar-refractivity contribution in [1.82, 2.24) is 15.2 Å². The van der Waals surface area contributed by atoms with Crippen LogP contribution in [0, 0.1) is 6.92 Å². The van der Waals surface area contributed by atoms with Crippen molar-refractivity contribution < 1.29 is 0 Å². The Balaban J connectivity index is 1.73. The van der Waals surface area contributed by atoms with Crippen LogP contribution in [0.5, 0.6) is 0 Å². The van der Waals surface area contributed by atoms with Crippen molar-refractivity contribution in [2.24, 2.45) is 0 Å².